The molecule has 23 heavy (non-hydrogen) atoms. The minimum Gasteiger partial charge on any atom is -0.506 e. The van der Waals surface area contributed by atoms with Crippen molar-refractivity contribution in [1.29, 1.82) is 0 Å². The Hall–Kier alpha value is -1.73. The Balaban J connectivity index is 2.57. The molecule has 0 aliphatic rings. The molecular formula is C16H13Br2FN2O2. The molecule has 2 aromatic rings. The summed E-state index contributed by atoms with van der Waals surface area (Å²) in [6.45, 7) is 2.11. The van der Waals surface area contributed by atoms with Gasteiger partial charge in [0.15, 0.2) is 0 Å². The molecule has 0 radical (unpaired) electrons. The highest BCUT2D eigenvalue weighted by atomic mass is 79.9. The monoisotopic (exact) mass is 442 g/mol. The first kappa shape index (κ1) is 17.6. The van der Waals surface area contributed by atoms with Gasteiger partial charge in [0.1, 0.15) is 17.3 Å². The zero-order chi connectivity index (χ0) is 17.1. The van der Waals surface area contributed by atoms with Gasteiger partial charge in [0.05, 0.1) is 8.95 Å². The molecule has 0 amide bonds. The predicted molar refractivity (Wildman–Crippen MR) is 95.7 cm³/mol. The number of Topliss-reactive ketones (excluding diaryl/α,β-unsaturated/α-hetero) is 1. The van der Waals surface area contributed by atoms with Crippen molar-refractivity contribution in [2.75, 3.05) is 12.3 Å². The van der Waals surface area contributed by atoms with E-state index in [9.17, 15) is 14.3 Å². The van der Waals surface area contributed by atoms with Gasteiger partial charge < -0.3 is 10.8 Å². The van der Waals surface area contributed by atoms with Gasteiger partial charge in [0.2, 0.25) is 5.78 Å². The second-order valence-corrected chi connectivity index (χ2v) is 6.38. The summed E-state index contributed by atoms with van der Waals surface area (Å²) in [5, 5.41) is 9.75. The zero-order valence-electron chi connectivity index (χ0n) is 12.1. The molecule has 0 aliphatic heterocycles. The maximum absolute atomic E-state index is 13.5. The maximum Gasteiger partial charge on any atom is 0.211 e. The first-order valence-corrected chi connectivity index (χ1v) is 8.26. The van der Waals surface area contributed by atoms with Crippen LogP contribution in [0.3, 0.4) is 0 Å². The summed E-state index contributed by atoms with van der Waals surface area (Å²) >= 11 is 6.36. The van der Waals surface area contributed by atoms with E-state index in [1.807, 2.05) is 0 Å². The van der Waals surface area contributed by atoms with Crippen LogP contribution in [0, 0.1) is 5.82 Å². The Morgan fingerprint density at radius 1 is 1.26 bits per heavy atom. The van der Waals surface area contributed by atoms with Gasteiger partial charge in [-0.15, -0.1) is 0 Å². The van der Waals surface area contributed by atoms with Crippen LogP contribution in [0.1, 0.15) is 22.8 Å². The summed E-state index contributed by atoms with van der Waals surface area (Å²) in [7, 11) is 0. The maximum atomic E-state index is 13.5. The minimum absolute atomic E-state index is 0.0131. The van der Waals surface area contributed by atoms with Crippen molar-refractivity contribution >= 4 is 49.0 Å². The number of carbonyl (C=O) groups is 1. The molecule has 0 aromatic heterocycles. The SMILES string of the molecule is CCN=C(C(=O)c1cc(Br)c(O)c(Br)c1)c1cc(F)ccc1N. The van der Waals surface area contributed by atoms with E-state index in [1.54, 1.807) is 6.92 Å². The van der Waals surface area contributed by atoms with Crippen molar-refractivity contribution in [3.8, 4) is 5.75 Å². The van der Waals surface area contributed by atoms with Gasteiger partial charge in [-0.2, -0.15) is 0 Å². The normalized spacial score (nSPS) is 11.6. The highest BCUT2D eigenvalue weighted by Gasteiger charge is 2.21. The van der Waals surface area contributed by atoms with Crippen LogP contribution in [-0.4, -0.2) is 23.1 Å². The molecule has 3 N–H and O–H groups in total. The molecule has 0 unspecified atom stereocenters. The Bertz CT molecular complexity index is 784. The van der Waals surface area contributed by atoms with Crippen molar-refractivity contribution < 1.29 is 14.3 Å². The van der Waals surface area contributed by atoms with Crippen molar-refractivity contribution in [2.45, 2.75) is 6.92 Å². The fraction of sp³-hybridized carbons (Fsp3) is 0.125. The molecule has 0 bridgehead atoms. The van der Waals surface area contributed by atoms with Crippen LogP contribution >= 0.6 is 31.9 Å². The molecule has 120 valence electrons. The van der Waals surface area contributed by atoms with Gasteiger partial charge in [0, 0.05) is 23.4 Å². The molecule has 2 rings (SSSR count). The summed E-state index contributed by atoms with van der Waals surface area (Å²) in [4.78, 5) is 17.0. The lowest BCUT2D eigenvalue weighted by molar-refractivity contribution is 0.106. The van der Waals surface area contributed by atoms with Crippen LogP contribution in [0.15, 0.2) is 44.3 Å². The lowest BCUT2D eigenvalue weighted by atomic mass is 9.99. The van der Waals surface area contributed by atoms with Crippen LogP contribution in [-0.2, 0) is 0 Å². The van der Waals surface area contributed by atoms with Crippen molar-refractivity contribution in [3.63, 3.8) is 0 Å². The number of hydrogen-bond donors (Lipinski definition) is 2. The van der Waals surface area contributed by atoms with Crippen molar-refractivity contribution in [1.82, 2.24) is 0 Å². The first-order valence-electron chi connectivity index (χ1n) is 6.67. The number of aliphatic imine (C=N–C) groups is 1. The lowest BCUT2D eigenvalue weighted by Crippen LogP contribution is -2.18. The Morgan fingerprint density at radius 3 is 2.43 bits per heavy atom. The molecule has 2 aromatic carbocycles. The summed E-state index contributed by atoms with van der Waals surface area (Å²) in [5.41, 5.74) is 6.74. The quantitative estimate of drug-likeness (QED) is 0.419. The Morgan fingerprint density at radius 2 is 1.87 bits per heavy atom. The van der Waals surface area contributed by atoms with Crippen molar-refractivity contribution in [3.05, 3.63) is 56.2 Å². The lowest BCUT2D eigenvalue weighted by Gasteiger charge is -2.10. The van der Waals surface area contributed by atoms with E-state index in [4.69, 9.17) is 5.73 Å². The summed E-state index contributed by atoms with van der Waals surface area (Å²) < 4.78 is 14.2. The standard InChI is InChI=1S/C16H13Br2FN2O2/c1-2-21-14(10-7-9(19)3-4-13(10)20)15(22)8-5-11(17)16(23)12(18)6-8/h3-7,23H,2,20H2,1H3. The first-order chi connectivity index (χ1) is 10.8. The highest BCUT2D eigenvalue weighted by Crippen LogP contribution is 2.34. The van der Waals surface area contributed by atoms with E-state index in [1.165, 1.54) is 30.3 Å². The van der Waals surface area contributed by atoms with E-state index in [-0.39, 0.29) is 28.3 Å². The van der Waals surface area contributed by atoms with E-state index in [0.717, 1.165) is 0 Å². The van der Waals surface area contributed by atoms with E-state index >= 15 is 0 Å². The molecule has 0 atom stereocenters. The Labute approximate surface area is 149 Å². The number of ketones is 1. The predicted octanol–water partition coefficient (Wildman–Crippen LogP) is 4.33. The number of phenolic OH excluding ortho intramolecular Hbond substituents is 1. The number of benzene rings is 2. The summed E-state index contributed by atoms with van der Waals surface area (Å²) in [6.07, 6.45) is 0. The van der Waals surface area contributed by atoms with Crippen LogP contribution < -0.4 is 5.73 Å². The number of nitrogens with two attached hydrogens (primary N) is 1. The van der Waals surface area contributed by atoms with Gasteiger partial charge in [-0.25, -0.2) is 4.39 Å². The number of carbonyl (C=O) groups excluding carboxylic acids is 1. The average Bonchev–Trinajstić information content (AvgIpc) is 2.51. The molecule has 0 fully saturated rings. The average molecular weight is 444 g/mol. The van der Waals surface area contributed by atoms with E-state index in [2.05, 4.69) is 36.9 Å². The van der Waals surface area contributed by atoms with Gasteiger partial charge in [0.25, 0.3) is 0 Å². The second kappa shape index (κ2) is 7.23. The van der Waals surface area contributed by atoms with Gasteiger partial charge in [-0.05, 0) is 69.1 Å². The third kappa shape index (κ3) is 3.79. The third-order valence-corrected chi connectivity index (χ3v) is 4.29. The van der Waals surface area contributed by atoms with Crippen molar-refractivity contribution in [2.24, 2.45) is 4.99 Å². The molecule has 0 saturated carbocycles. The molecule has 4 nitrogen and oxygen atoms in total. The minimum atomic E-state index is -0.501. The number of nitrogens with zero attached hydrogens (tertiary/aromatic N) is 1. The van der Waals surface area contributed by atoms with Gasteiger partial charge in [-0.3, -0.25) is 9.79 Å². The van der Waals surface area contributed by atoms with Gasteiger partial charge >= 0.3 is 0 Å². The van der Waals surface area contributed by atoms with Gasteiger partial charge in [-0.1, -0.05) is 0 Å². The summed E-state index contributed by atoms with van der Waals surface area (Å²) in [6, 6.07) is 6.75. The number of rotatable bonds is 4. The molecular weight excluding hydrogens is 431 g/mol. The number of nitrogen functional groups attached to an aromatic ring is 1. The fourth-order valence-electron chi connectivity index (χ4n) is 2.00. The fourth-order valence-corrected chi connectivity index (χ4v) is 3.19. The van der Waals surface area contributed by atoms with Crippen LogP contribution in [0.2, 0.25) is 0 Å². The Kier molecular flexibility index (Phi) is 5.54. The number of halogens is 3. The number of aromatic hydroxyl groups is 1. The smallest absolute Gasteiger partial charge is 0.211 e. The number of phenols is 1. The third-order valence-electron chi connectivity index (χ3n) is 3.08. The van der Waals surface area contributed by atoms with Crippen LogP contribution in [0.5, 0.6) is 5.75 Å². The van der Waals surface area contributed by atoms with Crippen LogP contribution in [0.25, 0.3) is 0 Å². The van der Waals surface area contributed by atoms with E-state index < -0.39 is 11.6 Å². The van der Waals surface area contributed by atoms with E-state index in [0.29, 0.717) is 15.5 Å². The number of hydrogen-bond acceptors (Lipinski definition) is 4. The highest BCUT2D eigenvalue weighted by molar-refractivity contribution is 9.11. The molecule has 0 spiro atoms. The van der Waals surface area contributed by atoms with Crippen LogP contribution in [0.4, 0.5) is 10.1 Å². The zero-order valence-corrected chi connectivity index (χ0v) is 15.3. The molecule has 0 aliphatic carbocycles. The molecule has 7 heteroatoms. The summed E-state index contributed by atoms with van der Waals surface area (Å²) in [5.74, 6) is -0.926. The molecule has 0 heterocycles. The number of anilines is 1. The molecule has 0 saturated heterocycles. The topological polar surface area (TPSA) is 75.7 Å². The largest absolute Gasteiger partial charge is 0.506 e. The second-order valence-electron chi connectivity index (χ2n) is 4.67.